The maximum Gasteiger partial charge on any atom is 0.243 e. The van der Waals surface area contributed by atoms with E-state index in [4.69, 9.17) is 16.3 Å². The second-order valence-corrected chi connectivity index (χ2v) is 9.60. The summed E-state index contributed by atoms with van der Waals surface area (Å²) in [6.07, 6.45) is 0. The number of thioether (sulfide) groups is 1. The lowest BCUT2D eigenvalue weighted by Crippen LogP contribution is -2.39. The first-order chi connectivity index (χ1) is 13.8. The Labute approximate surface area is 179 Å². The van der Waals surface area contributed by atoms with E-state index in [1.54, 1.807) is 24.3 Å². The Bertz CT molecular complexity index is 919. The van der Waals surface area contributed by atoms with E-state index < -0.39 is 15.9 Å². The van der Waals surface area contributed by atoms with Crippen LogP contribution < -0.4 is 10.1 Å². The molecule has 6 nitrogen and oxygen atoms in total. The molecule has 1 amide bonds. The van der Waals surface area contributed by atoms with Crippen molar-refractivity contribution in [3.63, 3.8) is 0 Å². The van der Waals surface area contributed by atoms with E-state index in [0.717, 1.165) is 4.31 Å². The molecule has 0 radical (unpaired) electrons. The maximum atomic E-state index is 13.7. The zero-order valence-electron chi connectivity index (χ0n) is 16.0. The predicted molar refractivity (Wildman–Crippen MR) is 113 cm³/mol. The number of methoxy groups -OCH3 is 1. The summed E-state index contributed by atoms with van der Waals surface area (Å²) in [5.74, 6) is 0.672. The van der Waals surface area contributed by atoms with Crippen LogP contribution in [0.3, 0.4) is 0 Å². The summed E-state index contributed by atoms with van der Waals surface area (Å²) >= 11 is 7.39. The molecule has 0 spiro atoms. The molecular formula is C19H22ClFN2O4S2. The first kappa shape index (κ1) is 23.5. The van der Waals surface area contributed by atoms with E-state index in [-0.39, 0.29) is 17.3 Å². The number of nitrogens with zero attached hydrogens (tertiary/aromatic N) is 1. The van der Waals surface area contributed by atoms with E-state index in [1.807, 2.05) is 0 Å². The van der Waals surface area contributed by atoms with Gasteiger partial charge in [0, 0.05) is 35.7 Å². The summed E-state index contributed by atoms with van der Waals surface area (Å²) < 4.78 is 44.7. The highest BCUT2D eigenvalue weighted by Crippen LogP contribution is 2.23. The minimum atomic E-state index is -3.78. The first-order valence-corrected chi connectivity index (χ1v) is 11.6. The highest BCUT2D eigenvalue weighted by molar-refractivity contribution is 7.98. The molecule has 0 bridgehead atoms. The number of halogens is 2. The molecule has 29 heavy (non-hydrogen) atoms. The molecule has 0 atom stereocenters. The number of benzene rings is 2. The molecule has 1 N–H and O–H groups in total. The fraction of sp³-hybridized carbons (Fsp3) is 0.316. The molecule has 0 heterocycles. The lowest BCUT2D eigenvalue weighted by atomic mass is 10.2. The Morgan fingerprint density at radius 3 is 2.55 bits per heavy atom. The van der Waals surface area contributed by atoms with Crippen LogP contribution in [-0.4, -0.2) is 51.6 Å². The molecule has 0 fully saturated rings. The smallest absolute Gasteiger partial charge is 0.243 e. The van der Waals surface area contributed by atoms with Crippen molar-refractivity contribution >= 4 is 39.3 Å². The quantitative estimate of drug-likeness (QED) is 0.551. The summed E-state index contributed by atoms with van der Waals surface area (Å²) in [5, 5.41) is 3.03. The van der Waals surface area contributed by atoms with Crippen LogP contribution in [0.2, 0.25) is 5.02 Å². The SMILES string of the molecule is COc1ccc(S(=O)(=O)N(C)CC(=O)NCCSCc2c(F)cccc2Cl)cc1. The van der Waals surface area contributed by atoms with E-state index >= 15 is 0 Å². The molecule has 0 saturated heterocycles. The minimum absolute atomic E-state index is 0.0749. The molecule has 2 aromatic rings. The molecule has 2 rings (SSSR count). The monoisotopic (exact) mass is 460 g/mol. The van der Waals surface area contributed by atoms with Crippen molar-refractivity contribution in [1.82, 2.24) is 9.62 Å². The Kier molecular flexibility index (Phi) is 8.76. The predicted octanol–water partition coefficient (Wildman–Crippen LogP) is 3.16. The number of rotatable bonds is 10. The normalized spacial score (nSPS) is 11.5. The number of amides is 1. The molecule has 158 valence electrons. The maximum absolute atomic E-state index is 13.7. The fourth-order valence-electron chi connectivity index (χ4n) is 2.38. The summed E-state index contributed by atoms with van der Waals surface area (Å²) in [7, 11) is -0.954. The lowest BCUT2D eigenvalue weighted by molar-refractivity contribution is -0.121. The number of nitrogens with one attached hydrogen (secondary N) is 1. The fourth-order valence-corrected chi connectivity index (χ4v) is 4.70. The highest BCUT2D eigenvalue weighted by Gasteiger charge is 2.22. The third-order valence-corrected chi connectivity index (χ3v) is 7.17. The summed E-state index contributed by atoms with van der Waals surface area (Å²) in [6.45, 7) is 0.0180. The second-order valence-electron chi connectivity index (χ2n) is 6.04. The van der Waals surface area contributed by atoms with E-state index in [2.05, 4.69) is 5.32 Å². The Hall–Kier alpha value is -1.81. The molecule has 0 unspecified atom stereocenters. The van der Waals surface area contributed by atoms with Crippen LogP contribution >= 0.6 is 23.4 Å². The van der Waals surface area contributed by atoms with Crippen LogP contribution in [0.15, 0.2) is 47.4 Å². The van der Waals surface area contributed by atoms with Gasteiger partial charge in [0.2, 0.25) is 15.9 Å². The molecule has 2 aromatic carbocycles. The van der Waals surface area contributed by atoms with Crippen molar-refractivity contribution in [2.45, 2.75) is 10.6 Å². The third kappa shape index (κ3) is 6.60. The highest BCUT2D eigenvalue weighted by atomic mass is 35.5. The van der Waals surface area contributed by atoms with Gasteiger partial charge in [-0.05, 0) is 36.4 Å². The average molecular weight is 461 g/mol. The van der Waals surface area contributed by atoms with Gasteiger partial charge in [-0.15, -0.1) is 0 Å². The van der Waals surface area contributed by atoms with Gasteiger partial charge in [0.25, 0.3) is 0 Å². The summed E-state index contributed by atoms with van der Waals surface area (Å²) in [5.41, 5.74) is 0.427. The largest absolute Gasteiger partial charge is 0.497 e. The molecule has 0 aliphatic carbocycles. The van der Waals surface area contributed by atoms with Crippen molar-refractivity contribution in [3.05, 3.63) is 58.9 Å². The topological polar surface area (TPSA) is 75.7 Å². The van der Waals surface area contributed by atoms with Crippen molar-refractivity contribution in [2.24, 2.45) is 0 Å². The number of likely N-dealkylation sites (N-methyl/N-ethyl adjacent to an activating group) is 1. The minimum Gasteiger partial charge on any atom is -0.497 e. The Balaban J connectivity index is 1.78. The molecule has 0 aliphatic heterocycles. The molecule has 10 heteroatoms. The molecule has 0 aliphatic rings. The van der Waals surface area contributed by atoms with Crippen LogP contribution in [0, 0.1) is 5.82 Å². The zero-order valence-corrected chi connectivity index (χ0v) is 18.4. The van der Waals surface area contributed by atoms with E-state index in [9.17, 15) is 17.6 Å². The average Bonchev–Trinajstić information content (AvgIpc) is 2.69. The van der Waals surface area contributed by atoms with E-state index in [1.165, 1.54) is 44.1 Å². The first-order valence-electron chi connectivity index (χ1n) is 8.63. The van der Waals surface area contributed by atoms with Gasteiger partial charge in [-0.1, -0.05) is 17.7 Å². The van der Waals surface area contributed by atoms with Crippen LogP contribution in [0.25, 0.3) is 0 Å². The molecule has 0 aromatic heterocycles. The van der Waals surface area contributed by atoms with Crippen LogP contribution in [0.5, 0.6) is 5.75 Å². The second kappa shape index (κ2) is 10.8. The van der Waals surface area contributed by atoms with Gasteiger partial charge in [0.05, 0.1) is 18.6 Å². The van der Waals surface area contributed by atoms with Crippen molar-refractivity contribution in [1.29, 1.82) is 0 Å². The zero-order chi connectivity index (χ0) is 21.4. The summed E-state index contributed by atoms with van der Waals surface area (Å²) in [4.78, 5) is 12.1. The van der Waals surface area contributed by atoms with Gasteiger partial charge >= 0.3 is 0 Å². The third-order valence-electron chi connectivity index (χ3n) is 4.01. The number of sulfonamides is 1. The van der Waals surface area contributed by atoms with Crippen molar-refractivity contribution in [3.8, 4) is 5.75 Å². The number of hydrogen-bond donors (Lipinski definition) is 1. The van der Waals surface area contributed by atoms with Crippen LogP contribution in [0.4, 0.5) is 4.39 Å². The Morgan fingerprint density at radius 2 is 1.93 bits per heavy atom. The standard InChI is InChI=1S/C19H22ClFN2O4S2/c1-23(29(25,26)15-8-6-14(27-2)7-9-15)12-19(24)22-10-11-28-13-16-17(20)4-3-5-18(16)21/h3-9H,10-13H2,1-2H3,(H,22,24). The number of carbonyl (C=O) groups is 1. The van der Waals surface area contributed by atoms with Crippen molar-refractivity contribution < 1.29 is 22.3 Å². The van der Waals surface area contributed by atoms with Gasteiger partial charge in [-0.2, -0.15) is 16.1 Å². The van der Waals surface area contributed by atoms with Crippen molar-refractivity contribution in [2.75, 3.05) is 33.0 Å². The van der Waals surface area contributed by atoms with Gasteiger partial charge in [0.1, 0.15) is 11.6 Å². The van der Waals surface area contributed by atoms with Crippen LogP contribution in [-0.2, 0) is 20.6 Å². The van der Waals surface area contributed by atoms with Gasteiger partial charge in [-0.25, -0.2) is 12.8 Å². The van der Waals surface area contributed by atoms with Gasteiger partial charge in [0.15, 0.2) is 0 Å². The van der Waals surface area contributed by atoms with Gasteiger partial charge < -0.3 is 10.1 Å². The summed E-state index contributed by atoms with van der Waals surface area (Å²) in [6, 6.07) is 10.5. The van der Waals surface area contributed by atoms with E-state index in [0.29, 0.717) is 34.4 Å². The number of ether oxygens (including phenoxy) is 1. The van der Waals surface area contributed by atoms with Gasteiger partial charge in [-0.3, -0.25) is 4.79 Å². The lowest BCUT2D eigenvalue weighted by Gasteiger charge is -2.17. The van der Waals surface area contributed by atoms with Crippen LogP contribution in [0.1, 0.15) is 5.56 Å². The molecule has 0 saturated carbocycles. The number of carbonyl (C=O) groups excluding carboxylic acids is 1. The number of hydrogen-bond acceptors (Lipinski definition) is 5. The molecular weight excluding hydrogens is 439 g/mol. The Morgan fingerprint density at radius 1 is 1.24 bits per heavy atom.